The Morgan fingerprint density at radius 1 is 1.40 bits per heavy atom. The van der Waals surface area contributed by atoms with E-state index in [0.717, 1.165) is 24.1 Å². The Labute approximate surface area is 120 Å². The van der Waals surface area contributed by atoms with E-state index in [2.05, 4.69) is 12.2 Å². The van der Waals surface area contributed by atoms with Crippen LogP contribution in [0.4, 0.5) is 5.69 Å². The van der Waals surface area contributed by atoms with Gasteiger partial charge in [-0.1, -0.05) is 38.0 Å². The van der Waals surface area contributed by atoms with Gasteiger partial charge in [0, 0.05) is 12.2 Å². The van der Waals surface area contributed by atoms with Gasteiger partial charge in [-0.05, 0) is 30.4 Å². The molecule has 110 valence electrons. The fraction of sp³-hybridized carbons (Fsp3) is 0.562. The van der Waals surface area contributed by atoms with Crippen LogP contribution in [-0.2, 0) is 16.1 Å². The lowest BCUT2D eigenvalue weighted by atomic mass is 9.89. The molecule has 4 heteroatoms. The van der Waals surface area contributed by atoms with Crippen molar-refractivity contribution in [3.8, 4) is 0 Å². The third kappa shape index (κ3) is 4.32. The second-order valence-corrected chi connectivity index (χ2v) is 5.61. The quantitative estimate of drug-likeness (QED) is 0.869. The highest BCUT2D eigenvalue weighted by Crippen LogP contribution is 2.25. The van der Waals surface area contributed by atoms with E-state index < -0.39 is 0 Å². The number of carbonyl (C=O) groups excluding carboxylic acids is 1. The largest absolute Gasteiger partial charge is 0.368 e. The first-order chi connectivity index (χ1) is 9.69. The summed E-state index contributed by atoms with van der Waals surface area (Å²) < 4.78 is 5.72. The molecule has 0 radical (unpaired) electrons. The normalized spacial score (nSPS) is 22.5. The van der Waals surface area contributed by atoms with Crippen LogP contribution in [0, 0.1) is 5.92 Å². The summed E-state index contributed by atoms with van der Waals surface area (Å²) in [6.07, 6.45) is 4.83. The Kier molecular flexibility index (Phi) is 5.56. The van der Waals surface area contributed by atoms with Gasteiger partial charge < -0.3 is 15.8 Å². The molecule has 2 unspecified atom stereocenters. The van der Waals surface area contributed by atoms with Crippen molar-refractivity contribution in [1.29, 1.82) is 0 Å². The molecular weight excluding hydrogens is 252 g/mol. The average Bonchev–Trinajstić information content (AvgIpc) is 2.46. The molecule has 1 aliphatic rings. The summed E-state index contributed by atoms with van der Waals surface area (Å²) in [6, 6.07) is 7.58. The maximum atomic E-state index is 11.9. The molecule has 0 heterocycles. The molecule has 1 aliphatic carbocycles. The van der Waals surface area contributed by atoms with Crippen LogP contribution in [0.2, 0.25) is 0 Å². The minimum atomic E-state index is -0.107. The van der Waals surface area contributed by atoms with Crippen molar-refractivity contribution >= 4 is 11.6 Å². The van der Waals surface area contributed by atoms with Crippen LogP contribution in [-0.4, -0.2) is 18.6 Å². The number of carbonyl (C=O) groups is 1. The first kappa shape index (κ1) is 15.0. The van der Waals surface area contributed by atoms with Gasteiger partial charge in [-0.25, -0.2) is 0 Å². The topological polar surface area (TPSA) is 64.3 Å². The molecule has 1 fully saturated rings. The number of hydrogen-bond donors (Lipinski definition) is 2. The Morgan fingerprint density at radius 2 is 2.20 bits per heavy atom. The van der Waals surface area contributed by atoms with E-state index in [1.54, 1.807) is 0 Å². The molecule has 4 nitrogen and oxygen atoms in total. The van der Waals surface area contributed by atoms with Crippen LogP contribution >= 0.6 is 0 Å². The van der Waals surface area contributed by atoms with Gasteiger partial charge in [-0.2, -0.15) is 0 Å². The second kappa shape index (κ2) is 7.41. The molecule has 2 atom stereocenters. The Bertz CT molecular complexity index is 448. The number of nitrogens with one attached hydrogen (secondary N) is 1. The van der Waals surface area contributed by atoms with Crippen molar-refractivity contribution in [3.63, 3.8) is 0 Å². The van der Waals surface area contributed by atoms with Crippen LogP contribution in [0.15, 0.2) is 24.3 Å². The number of hydrogen-bond acceptors (Lipinski definition) is 3. The van der Waals surface area contributed by atoms with E-state index in [0.29, 0.717) is 12.5 Å². The summed E-state index contributed by atoms with van der Waals surface area (Å²) >= 11 is 0. The second-order valence-electron chi connectivity index (χ2n) is 5.61. The van der Waals surface area contributed by atoms with E-state index in [1.165, 1.54) is 12.8 Å². The van der Waals surface area contributed by atoms with E-state index in [1.807, 2.05) is 24.3 Å². The van der Waals surface area contributed by atoms with Crippen molar-refractivity contribution < 1.29 is 9.53 Å². The molecule has 20 heavy (non-hydrogen) atoms. The smallest absolute Gasteiger partial charge is 0.250 e. The van der Waals surface area contributed by atoms with Crippen LogP contribution in [0.1, 0.15) is 38.2 Å². The highest BCUT2D eigenvalue weighted by atomic mass is 16.5. The molecule has 1 amide bonds. The zero-order chi connectivity index (χ0) is 14.4. The van der Waals surface area contributed by atoms with Crippen LogP contribution < -0.4 is 11.1 Å². The number of anilines is 1. The molecular formula is C16H24N2O2. The maximum absolute atomic E-state index is 11.9. The minimum absolute atomic E-state index is 0.107. The van der Waals surface area contributed by atoms with Gasteiger partial charge in [0.15, 0.2) is 0 Å². The van der Waals surface area contributed by atoms with E-state index in [-0.39, 0.29) is 18.6 Å². The van der Waals surface area contributed by atoms with Crippen molar-refractivity contribution in [2.75, 3.05) is 11.9 Å². The molecule has 0 spiro atoms. The van der Waals surface area contributed by atoms with Crippen molar-refractivity contribution in [3.05, 3.63) is 29.8 Å². The van der Waals surface area contributed by atoms with Crippen LogP contribution in [0.25, 0.3) is 0 Å². The van der Waals surface area contributed by atoms with Crippen LogP contribution in [0.5, 0.6) is 0 Å². The van der Waals surface area contributed by atoms with E-state index >= 15 is 0 Å². The fourth-order valence-electron chi connectivity index (χ4n) is 2.73. The third-order valence-corrected chi connectivity index (χ3v) is 3.85. The molecule has 0 aromatic heterocycles. The van der Waals surface area contributed by atoms with Crippen molar-refractivity contribution in [2.45, 2.75) is 45.3 Å². The van der Waals surface area contributed by atoms with E-state index in [9.17, 15) is 4.79 Å². The summed E-state index contributed by atoms with van der Waals surface area (Å²) in [4.78, 5) is 11.9. The zero-order valence-electron chi connectivity index (χ0n) is 12.1. The number of ether oxygens (including phenoxy) is 1. The molecule has 3 N–H and O–H groups in total. The molecule has 0 bridgehead atoms. The molecule has 1 aromatic carbocycles. The first-order valence-electron chi connectivity index (χ1n) is 7.38. The van der Waals surface area contributed by atoms with Gasteiger partial charge in [0.2, 0.25) is 5.91 Å². The SMILES string of the molecule is CC1CCCC(OCC(=O)Nc2ccccc2CN)C1. The van der Waals surface area contributed by atoms with Gasteiger partial charge in [0.25, 0.3) is 0 Å². The summed E-state index contributed by atoms with van der Waals surface area (Å²) in [7, 11) is 0. The monoisotopic (exact) mass is 276 g/mol. The Balaban J connectivity index is 1.80. The highest BCUT2D eigenvalue weighted by Gasteiger charge is 2.20. The van der Waals surface area contributed by atoms with E-state index in [4.69, 9.17) is 10.5 Å². The van der Waals surface area contributed by atoms with Gasteiger partial charge in [0.05, 0.1) is 6.10 Å². The van der Waals surface area contributed by atoms with Crippen molar-refractivity contribution in [1.82, 2.24) is 0 Å². The number of amides is 1. The molecule has 1 saturated carbocycles. The minimum Gasteiger partial charge on any atom is -0.368 e. The lowest BCUT2D eigenvalue weighted by molar-refractivity contribution is -0.123. The molecule has 0 saturated heterocycles. The first-order valence-corrected chi connectivity index (χ1v) is 7.38. The Hall–Kier alpha value is -1.39. The summed E-state index contributed by atoms with van der Waals surface area (Å²) in [5, 5.41) is 2.87. The fourth-order valence-corrected chi connectivity index (χ4v) is 2.73. The standard InChI is InChI=1S/C16H24N2O2/c1-12-5-4-7-14(9-12)20-11-16(19)18-15-8-3-2-6-13(15)10-17/h2-3,6,8,12,14H,4-5,7,9-11,17H2,1H3,(H,18,19). The number of nitrogens with two attached hydrogens (primary N) is 1. The summed E-state index contributed by atoms with van der Waals surface area (Å²) in [6.45, 7) is 2.78. The van der Waals surface area contributed by atoms with Crippen LogP contribution in [0.3, 0.4) is 0 Å². The van der Waals surface area contributed by atoms with Gasteiger partial charge in [0.1, 0.15) is 6.61 Å². The lowest BCUT2D eigenvalue weighted by Crippen LogP contribution is -2.27. The zero-order valence-corrected chi connectivity index (χ0v) is 12.1. The highest BCUT2D eigenvalue weighted by molar-refractivity contribution is 5.92. The van der Waals surface area contributed by atoms with Crippen molar-refractivity contribution in [2.24, 2.45) is 11.7 Å². The average molecular weight is 276 g/mol. The predicted octanol–water partition coefficient (Wildman–Crippen LogP) is 2.68. The predicted molar refractivity (Wildman–Crippen MR) is 80.3 cm³/mol. The summed E-state index contributed by atoms with van der Waals surface area (Å²) in [5.74, 6) is 0.596. The summed E-state index contributed by atoms with van der Waals surface area (Å²) in [5.41, 5.74) is 7.37. The van der Waals surface area contributed by atoms with Gasteiger partial charge in [-0.3, -0.25) is 4.79 Å². The van der Waals surface area contributed by atoms with Gasteiger partial charge in [-0.15, -0.1) is 0 Å². The number of rotatable bonds is 5. The molecule has 0 aliphatic heterocycles. The van der Waals surface area contributed by atoms with Gasteiger partial charge >= 0.3 is 0 Å². The third-order valence-electron chi connectivity index (χ3n) is 3.85. The number of benzene rings is 1. The lowest BCUT2D eigenvalue weighted by Gasteiger charge is -2.26. The molecule has 1 aromatic rings. The Morgan fingerprint density at radius 3 is 2.95 bits per heavy atom. The molecule has 2 rings (SSSR count). The number of para-hydroxylation sites is 1. The maximum Gasteiger partial charge on any atom is 0.250 e.